The summed E-state index contributed by atoms with van der Waals surface area (Å²) in [7, 11) is 0. The van der Waals surface area contributed by atoms with Gasteiger partial charge >= 0.3 is 5.97 Å². The van der Waals surface area contributed by atoms with E-state index in [2.05, 4.69) is 0 Å². The number of benzene rings is 3. The molecule has 0 spiro atoms. The van der Waals surface area contributed by atoms with E-state index in [0.717, 1.165) is 23.0 Å². The van der Waals surface area contributed by atoms with E-state index >= 15 is 0 Å². The van der Waals surface area contributed by atoms with Gasteiger partial charge < -0.3 is 9.47 Å². The summed E-state index contributed by atoms with van der Waals surface area (Å²) in [5.41, 5.74) is 3.11. The van der Waals surface area contributed by atoms with Gasteiger partial charge in [0.2, 0.25) is 0 Å². The lowest BCUT2D eigenvalue weighted by molar-refractivity contribution is 0.00694. The van der Waals surface area contributed by atoms with E-state index < -0.39 is 5.60 Å². The maximum Gasteiger partial charge on any atom is 0.338 e. The standard InChI is InChI=1S/C25H24O4/c1-25(2,3)29-24(27)20-11-9-19(10-12-20)23-15-22(14-13-21(23)16-26)28-17-18-7-5-4-6-8-18/h4-16H,17H2,1-3H3. The van der Waals surface area contributed by atoms with E-state index in [1.165, 1.54) is 0 Å². The van der Waals surface area contributed by atoms with Gasteiger partial charge in [-0.25, -0.2) is 4.79 Å². The summed E-state index contributed by atoms with van der Waals surface area (Å²) in [6.45, 7) is 5.93. The van der Waals surface area contributed by atoms with Crippen LogP contribution in [-0.4, -0.2) is 17.9 Å². The molecule has 0 atom stereocenters. The highest BCUT2D eigenvalue weighted by Gasteiger charge is 2.18. The number of aldehydes is 1. The monoisotopic (exact) mass is 388 g/mol. The van der Waals surface area contributed by atoms with E-state index in [-0.39, 0.29) is 5.97 Å². The largest absolute Gasteiger partial charge is 0.489 e. The fourth-order valence-electron chi connectivity index (χ4n) is 2.84. The van der Waals surface area contributed by atoms with Gasteiger partial charge in [-0.05, 0) is 67.8 Å². The Morgan fingerprint density at radius 1 is 0.931 bits per heavy atom. The van der Waals surface area contributed by atoms with Gasteiger partial charge in [0.1, 0.15) is 18.0 Å². The average molecular weight is 388 g/mol. The molecule has 0 aliphatic heterocycles. The van der Waals surface area contributed by atoms with Crippen LogP contribution in [0, 0.1) is 0 Å². The van der Waals surface area contributed by atoms with Gasteiger partial charge in [0.05, 0.1) is 5.56 Å². The Labute approximate surface area is 171 Å². The maximum atomic E-state index is 12.2. The van der Waals surface area contributed by atoms with E-state index in [1.807, 2.05) is 69.3 Å². The van der Waals surface area contributed by atoms with Crippen molar-refractivity contribution in [2.24, 2.45) is 0 Å². The van der Waals surface area contributed by atoms with Crippen LogP contribution in [0.15, 0.2) is 72.8 Å². The molecule has 0 radical (unpaired) electrons. The number of ether oxygens (including phenoxy) is 2. The summed E-state index contributed by atoms with van der Waals surface area (Å²) in [5.74, 6) is 0.297. The molecule has 0 heterocycles. The predicted molar refractivity (Wildman–Crippen MR) is 113 cm³/mol. The Kier molecular flexibility index (Phi) is 6.13. The van der Waals surface area contributed by atoms with Crippen molar-refractivity contribution in [3.63, 3.8) is 0 Å². The summed E-state index contributed by atoms with van der Waals surface area (Å²) in [5, 5.41) is 0. The molecular formula is C25H24O4. The van der Waals surface area contributed by atoms with Crippen LogP contribution in [-0.2, 0) is 11.3 Å². The fraction of sp³-hybridized carbons (Fsp3) is 0.200. The molecular weight excluding hydrogens is 364 g/mol. The minimum absolute atomic E-state index is 0.375. The van der Waals surface area contributed by atoms with Crippen LogP contribution >= 0.6 is 0 Å². The van der Waals surface area contributed by atoms with Gasteiger partial charge in [0.25, 0.3) is 0 Å². The van der Waals surface area contributed by atoms with Crippen molar-refractivity contribution in [3.05, 3.63) is 89.5 Å². The highest BCUT2D eigenvalue weighted by atomic mass is 16.6. The van der Waals surface area contributed by atoms with Gasteiger partial charge in [-0.1, -0.05) is 42.5 Å². The Morgan fingerprint density at radius 2 is 1.62 bits per heavy atom. The second-order valence-corrected chi connectivity index (χ2v) is 7.72. The lowest BCUT2D eigenvalue weighted by Gasteiger charge is -2.19. The normalized spacial score (nSPS) is 11.0. The van der Waals surface area contributed by atoms with E-state index in [1.54, 1.807) is 24.3 Å². The van der Waals surface area contributed by atoms with Crippen molar-refractivity contribution >= 4 is 12.3 Å². The van der Waals surface area contributed by atoms with Crippen LogP contribution in [0.25, 0.3) is 11.1 Å². The highest BCUT2D eigenvalue weighted by Crippen LogP contribution is 2.28. The summed E-state index contributed by atoms with van der Waals surface area (Å²) in [6.07, 6.45) is 0.818. The summed E-state index contributed by atoms with van der Waals surface area (Å²) < 4.78 is 11.3. The van der Waals surface area contributed by atoms with Gasteiger partial charge in [0.15, 0.2) is 6.29 Å². The first-order chi connectivity index (χ1) is 13.9. The van der Waals surface area contributed by atoms with Gasteiger partial charge in [-0.3, -0.25) is 4.79 Å². The van der Waals surface area contributed by atoms with Gasteiger partial charge in [-0.2, -0.15) is 0 Å². The topological polar surface area (TPSA) is 52.6 Å². The molecule has 29 heavy (non-hydrogen) atoms. The van der Waals surface area contributed by atoms with Crippen LogP contribution in [0.3, 0.4) is 0 Å². The van der Waals surface area contributed by atoms with Gasteiger partial charge in [0, 0.05) is 5.56 Å². The third-order valence-electron chi connectivity index (χ3n) is 4.23. The number of esters is 1. The van der Waals surface area contributed by atoms with Crippen molar-refractivity contribution in [3.8, 4) is 16.9 Å². The number of carbonyl (C=O) groups excluding carboxylic acids is 2. The van der Waals surface area contributed by atoms with E-state index in [4.69, 9.17) is 9.47 Å². The molecule has 0 aromatic heterocycles. The Balaban J connectivity index is 1.81. The first-order valence-electron chi connectivity index (χ1n) is 9.45. The summed E-state index contributed by atoms with van der Waals surface area (Å²) in [6, 6.07) is 22.3. The number of rotatable bonds is 6. The van der Waals surface area contributed by atoms with Crippen LogP contribution in [0.2, 0.25) is 0 Å². The zero-order valence-electron chi connectivity index (χ0n) is 16.8. The SMILES string of the molecule is CC(C)(C)OC(=O)c1ccc(-c2cc(OCc3ccccc3)ccc2C=O)cc1. The van der Waals surface area contributed by atoms with Crippen LogP contribution in [0.1, 0.15) is 47.1 Å². The molecule has 148 valence electrons. The molecule has 0 amide bonds. The van der Waals surface area contributed by atoms with Crippen LogP contribution in [0.5, 0.6) is 5.75 Å². The second-order valence-electron chi connectivity index (χ2n) is 7.72. The first-order valence-corrected chi connectivity index (χ1v) is 9.45. The summed E-state index contributed by atoms with van der Waals surface area (Å²) >= 11 is 0. The molecule has 0 bridgehead atoms. The molecule has 0 aliphatic carbocycles. The lowest BCUT2D eigenvalue weighted by Crippen LogP contribution is -2.23. The Morgan fingerprint density at radius 3 is 2.24 bits per heavy atom. The highest BCUT2D eigenvalue weighted by molar-refractivity contribution is 5.92. The Bertz CT molecular complexity index is 984. The molecule has 0 unspecified atom stereocenters. The van der Waals surface area contributed by atoms with Crippen LogP contribution < -0.4 is 4.74 Å². The quantitative estimate of drug-likeness (QED) is 0.401. The van der Waals surface area contributed by atoms with Crippen molar-refractivity contribution in [2.45, 2.75) is 33.0 Å². The fourth-order valence-corrected chi connectivity index (χ4v) is 2.84. The molecule has 4 heteroatoms. The third-order valence-corrected chi connectivity index (χ3v) is 4.23. The molecule has 0 fully saturated rings. The minimum atomic E-state index is -0.551. The number of hydrogen-bond donors (Lipinski definition) is 0. The molecule has 0 N–H and O–H groups in total. The second kappa shape index (κ2) is 8.74. The molecule has 0 saturated carbocycles. The number of carbonyl (C=O) groups is 2. The van der Waals surface area contributed by atoms with E-state index in [0.29, 0.717) is 23.5 Å². The lowest BCUT2D eigenvalue weighted by atomic mass is 9.99. The van der Waals surface area contributed by atoms with Crippen molar-refractivity contribution < 1.29 is 19.1 Å². The average Bonchev–Trinajstić information content (AvgIpc) is 2.71. The predicted octanol–water partition coefficient (Wildman–Crippen LogP) is 5.70. The first kappa shape index (κ1) is 20.3. The Hall–Kier alpha value is -3.40. The molecule has 4 nitrogen and oxygen atoms in total. The zero-order chi connectivity index (χ0) is 20.9. The number of hydrogen-bond acceptors (Lipinski definition) is 4. The smallest absolute Gasteiger partial charge is 0.338 e. The minimum Gasteiger partial charge on any atom is -0.489 e. The zero-order valence-corrected chi connectivity index (χ0v) is 16.8. The van der Waals surface area contributed by atoms with Gasteiger partial charge in [-0.15, -0.1) is 0 Å². The molecule has 3 aromatic carbocycles. The molecule has 3 aromatic rings. The van der Waals surface area contributed by atoms with E-state index in [9.17, 15) is 9.59 Å². The maximum absolute atomic E-state index is 12.2. The summed E-state index contributed by atoms with van der Waals surface area (Å²) in [4.78, 5) is 23.7. The van der Waals surface area contributed by atoms with Crippen molar-refractivity contribution in [2.75, 3.05) is 0 Å². The molecule has 0 saturated heterocycles. The molecule has 0 aliphatic rings. The van der Waals surface area contributed by atoms with Crippen molar-refractivity contribution in [1.29, 1.82) is 0 Å². The van der Waals surface area contributed by atoms with Crippen LogP contribution in [0.4, 0.5) is 0 Å². The third kappa shape index (κ3) is 5.55. The molecule has 3 rings (SSSR count). The van der Waals surface area contributed by atoms with Crippen molar-refractivity contribution in [1.82, 2.24) is 0 Å².